The van der Waals surface area contributed by atoms with Gasteiger partial charge in [0.1, 0.15) is 5.58 Å². The van der Waals surface area contributed by atoms with E-state index in [1.165, 1.54) is 24.5 Å². The van der Waals surface area contributed by atoms with Gasteiger partial charge in [0.05, 0.1) is 11.6 Å². The molecular formula is C24H13BrF2N2O4. The largest absolute Gasteiger partial charge is 0.503 e. The summed E-state index contributed by atoms with van der Waals surface area (Å²) in [6.07, 6.45) is 2.92. The molecule has 6 nitrogen and oxygen atoms in total. The number of aliphatic hydroxyl groups is 1. The van der Waals surface area contributed by atoms with Crippen molar-refractivity contribution in [2.45, 2.75) is 6.04 Å². The highest BCUT2D eigenvalue weighted by atomic mass is 79.9. The lowest BCUT2D eigenvalue weighted by Gasteiger charge is -2.26. The highest BCUT2D eigenvalue weighted by Crippen LogP contribution is 2.42. The summed E-state index contributed by atoms with van der Waals surface area (Å²) in [5, 5.41) is 11.4. The summed E-state index contributed by atoms with van der Waals surface area (Å²) in [5.74, 6) is -4.77. The third kappa shape index (κ3) is 3.50. The number of furan rings is 1. The molecule has 1 amide bonds. The van der Waals surface area contributed by atoms with E-state index in [-0.39, 0.29) is 17.0 Å². The number of benzene rings is 2. The Balaban J connectivity index is 1.66. The van der Waals surface area contributed by atoms with Crippen LogP contribution in [0.4, 0.5) is 14.5 Å². The Kier molecular flexibility index (Phi) is 5.05. The molecule has 1 unspecified atom stereocenters. The molecular weight excluding hydrogens is 498 g/mol. The molecule has 1 N–H and O–H groups in total. The van der Waals surface area contributed by atoms with E-state index in [9.17, 15) is 23.5 Å². The lowest BCUT2D eigenvalue weighted by molar-refractivity contribution is -0.117. The topological polar surface area (TPSA) is 83.6 Å². The summed E-state index contributed by atoms with van der Waals surface area (Å²) in [6.45, 7) is 0. The molecule has 3 heterocycles. The predicted molar refractivity (Wildman–Crippen MR) is 119 cm³/mol. The lowest BCUT2D eigenvalue weighted by atomic mass is 9.95. The fraction of sp³-hybridized carbons (Fsp3) is 0.0417. The van der Waals surface area contributed by atoms with Crippen LogP contribution in [-0.4, -0.2) is 21.8 Å². The second kappa shape index (κ2) is 7.93. The van der Waals surface area contributed by atoms with Crippen LogP contribution < -0.4 is 4.90 Å². The summed E-state index contributed by atoms with van der Waals surface area (Å²) in [5.41, 5.74) is 0.621. The Bertz CT molecular complexity index is 1470. The molecule has 2 aromatic carbocycles. The van der Waals surface area contributed by atoms with Gasteiger partial charge in [0.2, 0.25) is 5.78 Å². The summed E-state index contributed by atoms with van der Waals surface area (Å²) in [6, 6.07) is 11.6. The number of rotatable bonds is 4. The molecule has 1 atom stereocenters. The standard InChI is InChI=1S/C24H13BrF2N2O4/c25-14-1-4-18-13(9-14)10-19(33-18)22(30)20-21(12-5-7-28-8-6-12)29(24(32)23(20)31)15-2-3-16(26)17(27)11-15/h1-11,21,31H. The van der Waals surface area contributed by atoms with Gasteiger partial charge in [0.25, 0.3) is 5.91 Å². The van der Waals surface area contributed by atoms with Crippen LogP contribution in [-0.2, 0) is 4.79 Å². The fourth-order valence-corrected chi connectivity index (χ4v) is 4.24. The number of fused-ring (bicyclic) bond motifs is 1. The van der Waals surface area contributed by atoms with Crippen LogP contribution in [0.25, 0.3) is 11.0 Å². The maximum absolute atomic E-state index is 14.0. The predicted octanol–water partition coefficient (Wildman–Crippen LogP) is 5.65. The zero-order valence-corrected chi connectivity index (χ0v) is 18.2. The molecule has 33 heavy (non-hydrogen) atoms. The first kappa shape index (κ1) is 21.0. The average Bonchev–Trinajstić information content (AvgIpc) is 3.34. The maximum Gasteiger partial charge on any atom is 0.294 e. The van der Waals surface area contributed by atoms with E-state index in [0.29, 0.717) is 16.5 Å². The third-order valence-electron chi connectivity index (χ3n) is 5.36. The number of ketones is 1. The molecule has 9 heteroatoms. The van der Waals surface area contributed by atoms with Gasteiger partial charge in [-0.25, -0.2) is 8.78 Å². The van der Waals surface area contributed by atoms with Crippen LogP contribution in [0.15, 0.2) is 87.2 Å². The number of aliphatic hydroxyl groups excluding tert-OH is 1. The van der Waals surface area contributed by atoms with E-state index >= 15 is 0 Å². The molecule has 1 aliphatic rings. The summed E-state index contributed by atoms with van der Waals surface area (Å²) in [4.78, 5) is 31.5. The quantitative estimate of drug-likeness (QED) is 0.358. The van der Waals surface area contributed by atoms with E-state index in [0.717, 1.165) is 21.5 Å². The summed E-state index contributed by atoms with van der Waals surface area (Å²) >= 11 is 3.36. The number of aromatic nitrogens is 1. The van der Waals surface area contributed by atoms with Crippen molar-refractivity contribution in [2.24, 2.45) is 0 Å². The monoisotopic (exact) mass is 510 g/mol. The molecule has 0 saturated carbocycles. The molecule has 0 fully saturated rings. The molecule has 5 rings (SSSR count). The number of carbonyl (C=O) groups is 2. The van der Waals surface area contributed by atoms with Crippen molar-refractivity contribution >= 4 is 44.3 Å². The number of hydrogen-bond donors (Lipinski definition) is 1. The van der Waals surface area contributed by atoms with Gasteiger partial charge in [-0.15, -0.1) is 0 Å². The van der Waals surface area contributed by atoms with Crippen LogP contribution in [0, 0.1) is 11.6 Å². The maximum atomic E-state index is 14.0. The van der Waals surface area contributed by atoms with Gasteiger partial charge in [-0.2, -0.15) is 0 Å². The lowest BCUT2D eigenvalue weighted by Crippen LogP contribution is -2.31. The van der Waals surface area contributed by atoms with Gasteiger partial charge in [0, 0.05) is 34.0 Å². The molecule has 2 aromatic heterocycles. The van der Waals surface area contributed by atoms with Crippen LogP contribution in [0.2, 0.25) is 0 Å². The molecule has 0 spiro atoms. The van der Waals surface area contributed by atoms with Crippen molar-refractivity contribution in [3.8, 4) is 0 Å². The number of nitrogens with zero attached hydrogens (tertiary/aromatic N) is 2. The third-order valence-corrected chi connectivity index (χ3v) is 5.85. The van der Waals surface area contributed by atoms with E-state index in [4.69, 9.17) is 4.42 Å². The van der Waals surface area contributed by atoms with Crippen LogP contribution in [0.1, 0.15) is 22.2 Å². The van der Waals surface area contributed by atoms with Crippen LogP contribution in [0.5, 0.6) is 0 Å². The SMILES string of the molecule is O=C(C1=C(O)C(=O)N(c2ccc(F)c(F)c2)C1c1ccncc1)c1cc2cc(Br)ccc2o1. The second-order valence-electron chi connectivity index (χ2n) is 7.34. The first-order valence-electron chi connectivity index (χ1n) is 9.70. The minimum atomic E-state index is -1.17. The smallest absolute Gasteiger partial charge is 0.294 e. The van der Waals surface area contributed by atoms with E-state index < -0.39 is 35.1 Å². The van der Waals surface area contributed by atoms with Crippen molar-refractivity contribution in [1.82, 2.24) is 4.98 Å². The van der Waals surface area contributed by atoms with Gasteiger partial charge in [-0.1, -0.05) is 15.9 Å². The molecule has 0 bridgehead atoms. The van der Waals surface area contributed by atoms with Crippen molar-refractivity contribution in [2.75, 3.05) is 4.90 Å². The molecule has 0 aliphatic carbocycles. The van der Waals surface area contributed by atoms with Gasteiger partial charge in [0.15, 0.2) is 23.2 Å². The zero-order chi connectivity index (χ0) is 23.3. The van der Waals surface area contributed by atoms with Gasteiger partial charge in [-0.3, -0.25) is 19.5 Å². The summed E-state index contributed by atoms with van der Waals surface area (Å²) < 4.78 is 33.9. The average molecular weight is 511 g/mol. The van der Waals surface area contributed by atoms with Crippen LogP contribution >= 0.6 is 15.9 Å². The number of carbonyl (C=O) groups excluding carboxylic acids is 2. The Morgan fingerprint density at radius 3 is 2.52 bits per heavy atom. The second-order valence-corrected chi connectivity index (χ2v) is 8.26. The van der Waals surface area contributed by atoms with Gasteiger partial charge < -0.3 is 9.52 Å². The molecule has 0 saturated heterocycles. The Hall–Kier alpha value is -3.85. The molecule has 4 aromatic rings. The number of pyridine rings is 1. The highest BCUT2D eigenvalue weighted by molar-refractivity contribution is 9.10. The van der Waals surface area contributed by atoms with Crippen molar-refractivity contribution in [1.29, 1.82) is 0 Å². The number of halogens is 3. The Morgan fingerprint density at radius 1 is 1.03 bits per heavy atom. The van der Waals surface area contributed by atoms with E-state index in [2.05, 4.69) is 20.9 Å². The highest BCUT2D eigenvalue weighted by Gasteiger charge is 2.45. The summed E-state index contributed by atoms with van der Waals surface area (Å²) in [7, 11) is 0. The van der Waals surface area contributed by atoms with Gasteiger partial charge >= 0.3 is 0 Å². The van der Waals surface area contributed by atoms with Crippen LogP contribution in [0.3, 0.4) is 0 Å². The normalized spacial score (nSPS) is 16.2. The Labute approximate surface area is 193 Å². The Morgan fingerprint density at radius 2 is 1.79 bits per heavy atom. The van der Waals surface area contributed by atoms with Gasteiger partial charge in [-0.05, 0) is 54.1 Å². The van der Waals surface area contributed by atoms with E-state index in [1.807, 2.05) is 0 Å². The molecule has 1 aliphatic heterocycles. The number of amides is 1. The first-order chi connectivity index (χ1) is 15.8. The van der Waals surface area contributed by atoms with Crippen molar-refractivity contribution in [3.63, 3.8) is 0 Å². The zero-order valence-electron chi connectivity index (χ0n) is 16.6. The van der Waals surface area contributed by atoms with E-state index in [1.54, 1.807) is 30.3 Å². The number of hydrogen-bond acceptors (Lipinski definition) is 5. The molecule has 164 valence electrons. The minimum Gasteiger partial charge on any atom is -0.503 e. The van der Waals surface area contributed by atoms with Crippen molar-refractivity contribution < 1.29 is 27.9 Å². The minimum absolute atomic E-state index is 0.0244. The molecule has 0 radical (unpaired) electrons. The number of Topliss-reactive ketones (excluding diaryl/α,β-unsaturated/α-hetero) is 1. The van der Waals surface area contributed by atoms with Crippen molar-refractivity contribution in [3.05, 3.63) is 106 Å². The number of anilines is 1. The first-order valence-corrected chi connectivity index (χ1v) is 10.5. The fourth-order valence-electron chi connectivity index (χ4n) is 3.86.